The predicted molar refractivity (Wildman–Crippen MR) is 119 cm³/mol. The van der Waals surface area contributed by atoms with Crippen molar-refractivity contribution in [1.29, 1.82) is 0 Å². The molecule has 2 aromatic rings. The third-order valence-corrected chi connectivity index (χ3v) is 5.10. The van der Waals surface area contributed by atoms with E-state index in [4.69, 9.17) is 0 Å². The fourth-order valence-electron chi connectivity index (χ4n) is 3.55. The van der Waals surface area contributed by atoms with Crippen molar-refractivity contribution in [1.82, 2.24) is 5.32 Å². The van der Waals surface area contributed by atoms with Gasteiger partial charge in [-0.15, -0.1) is 0 Å². The number of amides is 3. The van der Waals surface area contributed by atoms with Crippen LogP contribution in [-0.4, -0.2) is 31.6 Å². The molecular weight excluding hydrogens is 421 g/mol. The Kier molecular flexibility index (Phi) is 7.27. The van der Waals surface area contributed by atoms with Gasteiger partial charge in [-0.05, 0) is 49.1 Å². The molecular formula is C23H27F3N4O2. The second-order valence-electron chi connectivity index (χ2n) is 8.15. The smallest absolute Gasteiger partial charge is 0.371 e. The van der Waals surface area contributed by atoms with Crippen LogP contribution in [0.5, 0.6) is 0 Å². The van der Waals surface area contributed by atoms with Crippen LogP contribution in [0.3, 0.4) is 0 Å². The topological polar surface area (TPSA) is 73.5 Å². The SMILES string of the molecule is CC(C)CNC(=O)c1cc(NC(=O)Nc2ccccc2C(F)(F)F)ccc1N1CCCC1. The molecule has 0 aromatic heterocycles. The van der Waals surface area contributed by atoms with Crippen molar-refractivity contribution in [2.24, 2.45) is 5.92 Å². The average Bonchev–Trinajstić information content (AvgIpc) is 3.26. The van der Waals surface area contributed by atoms with E-state index >= 15 is 0 Å². The number of anilines is 3. The molecule has 1 saturated heterocycles. The fraction of sp³-hybridized carbons (Fsp3) is 0.391. The Morgan fingerprint density at radius 3 is 2.38 bits per heavy atom. The molecule has 1 aliphatic rings. The summed E-state index contributed by atoms with van der Waals surface area (Å²) in [6, 6.07) is 8.87. The van der Waals surface area contributed by atoms with Crippen molar-refractivity contribution in [3.05, 3.63) is 53.6 Å². The Hall–Kier alpha value is -3.23. The summed E-state index contributed by atoms with van der Waals surface area (Å²) < 4.78 is 39.5. The molecule has 3 N–H and O–H groups in total. The maximum absolute atomic E-state index is 13.2. The Labute approximate surface area is 185 Å². The largest absolute Gasteiger partial charge is 0.418 e. The summed E-state index contributed by atoms with van der Waals surface area (Å²) in [6.45, 7) is 6.16. The molecule has 0 aliphatic carbocycles. The highest BCUT2D eigenvalue weighted by Crippen LogP contribution is 2.34. The normalized spacial score (nSPS) is 13.9. The van der Waals surface area contributed by atoms with E-state index < -0.39 is 17.8 Å². The molecule has 0 atom stereocenters. The van der Waals surface area contributed by atoms with Gasteiger partial charge in [-0.2, -0.15) is 13.2 Å². The van der Waals surface area contributed by atoms with Crippen molar-refractivity contribution < 1.29 is 22.8 Å². The standard InChI is InChI=1S/C23H27F3N4O2/c1-15(2)14-27-21(31)17-13-16(9-10-20(17)30-11-5-6-12-30)28-22(32)29-19-8-4-3-7-18(19)23(24,25)26/h3-4,7-10,13,15H,5-6,11-12,14H2,1-2H3,(H,27,31)(H2,28,29,32). The van der Waals surface area contributed by atoms with Crippen LogP contribution in [-0.2, 0) is 6.18 Å². The lowest BCUT2D eigenvalue weighted by atomic mass is 10.1. The van der Waals surface area contributed by atoms with Gasteiger partial charge >= 0.3 is 12.2 Å². The number of benzene rings is 2. The van der Waals surface area contributed by atoms with Crippen molar-refractivity contribution in [3.8, 4) is 0 Å². The quantitative estimate of drug-likeness (QED) is 0.559. The van der Waals surface area contributed by atoms with Crippen LogP contribution in [0.25, 0.3) is 0 Å². The molecule has 0 unspecified atom stereocenters. The van der Waals surface area contributed by atoms with Gasteiger partial charge in [0.15, 0.2) is 0 Å². The van der Waals surface area contributed by atoms with Crippen molar-refractivity contribution in [2.75, 3.05) is 35.2 Å². The second kappa shape index (κ2) is 9.93. The second-order valence-corrected chi connectivity index (χ2v) is 8.15. The molecule has 3 amide bonds. The summed E-state index contributed by atoms with van der Waals surface area (Å²) in [5.74, 6) is 0.0158. The van der Waals surface area contributed by atoms with Crippen LogP contribution in [0.2, 0.25) is 0 Å². The molecule has 0 saturated carbocycles. The molecule has 0 bridgehead atoms. The van der Waals surface area contributed by atoms with E-state index in [1.807, 2.05) is 13.8 Å². The number of nitrogens with one attached hydrogen (secondary N) is 3. The first-order valence-corrected chi connectivity index (χ1v) is 10.6. The zero-order valence-corrected chi connectivity index (χ0v) is 18.1. The predicted octanol–water partition coefficient (Wildman–Crippen LogP) is 5.34. The van der Waals surface area contributed by atoms with E-state index in [1.165, 1.54) is 18.2 Å². The Bertz CT molecular complexity index is 970. The minimum Gasteiger partial charge on any atom is -0.371 e. The monoisotopic (exact) mass is 448 g/mol. The maximum Gasteiger partial charge on any atom is 0.418 e. The van der Waals surface area contributed by atoms with Gasteiger partial charge < -0.3 is 20.9 Å². The van der Waals surface area contributed by atoms with Gasteiger partial charge in [0.05, 0.1) is 16.8 Å². The van der Waals surface area contributed by atoms with E-state index in [9.17, 15) is 22.8 Å². The number of halogens is 3. The van der Waals surface area contributed by atoms with Crippen molar-refractivity contribution >= 4 is 29.0 Å². The van der Waals surface area contributed by atoms with E-state index in [-0.39, 0.29) is 17.5 Å². The van der Waals surface area contributed by atoms with Crippen LogP contribution in [0.4, 0.5) is 35.0 Å². The number of alkyl halides is 3. The molecule has 1 aliphatic heterocycles. The van der Waals surface area contributed by atoms with Gasteiger partial charge in [-0.1, -0.05) is 26.0 Å². The van der Waals surface area contributed by atoms with E-state index in [0.29, 0.717) is 17.8 Å². The van der Waals surface area contributed by atoms with E-state index in [2.05, 4.69) is 20.9 Å². The first-order chi connectivity index (χ1) is 15.1. The molecule has 9 heteroatoms. The summed E-state index contributed by atoms with van der Waals surface area (Å²) in [6.07, 6.45) is -2.52. The summed E-state index contributed by atoms with van der Waals surface area (Å²) in [5.41, 5.74) is 0.220. The first kappa shape index (κ1) is 23.4. The highest BCUT2D eigenvalue weighted by molar-refractivity contribution is 6.04. The lowest BCUT2D eigenvalue weighted by Crippen LogP contribution is -2.30. The molecule has 32 heavy (non-hydrogen) atoms. The van der Waals surface area contributed by atoms with Crippen LogP contribution in [0.15, 0.2) is 42.5 Å². The third kappa shape index (κ3) is 5.93. The number of urea groups is 1. The lowest BCUT2D eigenvalue weighted by Gasteiger charge is -2.22. The number of rotatable bonds is 6. The number of para-hydroxylation sites is 1. The highest BCUT2D eigenvalue weighted by atomic mass is 19.4. The van der Waals surface area contributed by atoms with E-state index in [0.717, 1.165) is 37.7 Å². The number of hydrogen-bond donors (Lipinski definition) is 3. The zero-order chi connectivity index (χ0) is 23.3. The van der Waals surface area contributed by atoms with Gasteiger partial charge in [-0.25, -0.2) is 4.79 Å². The molecule has 0 radical (unpaired) electrons. The number of hydrogen-bond acceptors (Lipinski definition) is 3. The zero-order valence-electron chi connectivity index (χ0n) is 18.1. The van der Waals surface area contributed by atoms with Gasteiger partial charge in [0.1, 0.15) is 0 Å². The van der Waals surface area contributed by atoms with Crippen molar-refractivity contribution in [3.63, 3.8) is 0 Å². The summed E-state index contributed by atoms with van der Waals surface area (Å²) in [5, 5.41) is 7.66. The molecule has 2 aromatic carbocycles. The third-order valence-electron chi connectivity index (χ3n) is 5.10. The minimum absolute atomic E-state index is 0.257. The number of carbonyl (C=O) groups excluding carboxylic acids is 2. The highest BCUT2D eigenvalue weighted by Gasteiger charge is 2.33. The van der Waals surface area contributed by atoms with Crippen LogP contribution < -0.4 is 20.9 Å². The van der Waals surface area contributed by atoms with Gasteiger partial charge in [0.2, 0.25) is 0 Å². The molecule has 0 spiro atoms. The fourth-order valence-corrected chi connectivity index (χ4v) is 3.55. The van der Waals surface area contributed by atoms with E-state index in [1.54, 1.807) is 18.2 Å². The lowest BCUT2D eigenvalue weighted by molar-refractivity contribution is -0.136. The summed E-state index contributed by atoms with van der Waals surface area (Å²) >= 11 is 0. The summed E-state index contributed by atoms with van der Waals surface area (Å²) in [7, 11) is 0. The number of nitrogens with zero attached hydrogens (tertiary/aromatic N) is 1. The molecule has 172 valence electrons. The average molecular weight is 448 g/mol. The van der Waals surface area contributed by atoms with Crippen LogP contribution in [0, 0.1) is 5.92 Å². The minimum atomic E-state index is -4.59. The molecule has 6 nitrogen and oxygen atoms in total. The van der Waals surface area contributed by atoms with Crippen LogP contribution in [0.1, 0.15) is 42.6 Å². The number of carbonyl (C=O) groups is 2. The Morgan fingerprint density at radius 2 is 1.72 bits per heavy atom. The molecule has 3 rings (SSSR count). The molecule has 1 heterocycles. The molecule has 1 fully saturated rings. The Morgan fingerprint density at radius 1 is 1.03 bits per heavy atom. The van der Waals surface area contributed by atoms with Gasteiger partial charge in [0, 0.05) is 31.0 Å². The Balaban J connectivity index is 1.80. The van der Waals surface area contributed by atoms with Gasteiger partial charge in [-0.3, -0.25) is 4.79 Å². The van der Waals surface area contributed by atoms with Crippen LogP contribution >= 0.6 is 0 Å². The van der Waals surface area contributed by atoms with Gasteiger partial charge in [0.25, 0.3) is 5.91 Å². The first-order valence-electron chi connectivity index (χ1n) is 10.6. The summed E-state index contributed by atoms with van der Waals surface area (Å²) in [4.78, 5) is 27.3. The maximum atomic E-state index is 13.2. The van der Waals surface area contributed by atoms with Crippen molar-refractivity contribution in [2.45, 2.75) is 32.9 Å².